The van der Waals surface area contributed by atoms with Crippen LogP contribution in [-0.4, -0.2) is 24.4 Å². The van der Waals surface area contributed by atoms with E-state index in [0.717, 1.165) is 22.3 Å². The van der Waals surface area contributed by atoms with Gasteiger partial charge in [0.05, 0.1) is 19.2 Å². The third kappa shape index (κ3) is 1.57. The molecule has 1 heterocycles. The third-order valence-electron chi connectivity index (χ3n) is 2.66. The highest BCUT2D eigenvalue weighted by atomic mass is 16.5. The van der Waals surface area contributed by atoms with Gasteiger partial charge in [-0.2, -0.15) is 0 Å². The molecule has 0 saturated heterocycles. The second-order valence-electron chi connectivity index (χ2n) is 3.66. The van der Waals surface area contributed by atoms with Crippen LogP contribution in [0.4, 0.5) is 0 Å². The number of methoxy groups -OCH3 is 1. The van der Waals surface area contributed by atoms with Gasteiger partial charge >= 0.3 is 0 Å². The largest absolute Gasteiger partial charge is 0.497 e. The Labute approximate surface area is 93.4 Å². The van der Waals surface area contributed by atoms with Gasteiger partial charge in [-0.1, -0.05) is 0 Å². The van der Waals surface area contributed by atoms with E-state index in [1.807, 2.05) is 25.1 Å². The Bertz CT molecular complexity index is 543. The van der Waals surface area contributed by atoms with E-state index in [1.54, 1.807) is 7.11 Å². The minimum Gasteiger partial charge on any atom is -0.497 e. The van der Waals surface area contributed by atoms with E-state index < -0.39 is 0 Å². The van der Waals surface area contributed by atoms with Crippen LogP contribution in [0.1, 0.15) is 16.1 Å². The summed E-state index contributed by atoms with van der Waals surface area (Å²) in [6.07, 6.45) is 0. The average molecular weight is 218 g/mol. The summed E-state index contributed by atoms with van der Waals surface area (Å²) in [6.45, 7) is 1.90. The van der Waals surface area contributed by atoms with Gasteiger partial charge in [0.25, 0.3) is 0 Å². The van der Waals surface area contributed by atoms with Gasteiger partial charge in [-0.3, -0.25) is 4.79 Å². The number of aryl methyl sites for hydroxylation is 1. The molecule has 0 unspecified atom stereocenters. The lowest BCUT2D eigenvalue weighted by Crippen LogP contribution is -2.14. The van der Waals surface area contributed by atoms with Crippen molar-refractivity contribution in [2.45, 2.75) is 6.92 Å². The molecule has 3 N–H and O–H groups in total. The van der Waals surface area contributed by atoms with Crippen molar-refractivity contribution in [3.05, 3.63) is 29.5 Å². The highest BCUT2D eigenvalue weighted by Gasteiger charge is 2.14. The van der Waals surface area contributed by atoms with Crippen LogP contribution in [0.25, 0.3) is 10.9 Å². The first-order valence-corrected chi connectivity index (χ1v) is 5.07. The van der Waals surface area contributed by atoms with Gasteiger partial charge in [-0.05, 0) is 19.1 Å². The molecule has 4 heteroatoms. The fourth-order valence-corrected chi connectivity index (χ4v) is 1.90. The zero-order valence-corrected chi connectivity index (χ0v) is 9.33. The van der Waals surface area contributed by atoms with Crippen LogP contribution in [0.2, 0.25) is 0 Å². The third-order valence-corrected chi connectivity index (χ3v) is 2.66. The number of ether oxygens (including phenoxy) is 1. The molecule has 0 bridgehead atoms. The number of H-pyrrole nitrogens is 1. The molecule has 0 aliphatic heterocycles. The van der Waals surface area contributed by atoms with E-state index in [9.17, 15) is 4.79 Å². The van der Waals surface area contributed by atoms with E-state index >= 15 is 0 Å². The number of nitrogens with two attached hydrogens (primary N) is 1. The first-order chi connectivity index (χ1) is 7.67. The Morgan fingerprint density at radius 3 is 2.88 bits per heavy atom. The molecular weight excluding hydrogens is 204 g/mol. The van der Waals surface area contributed by atoms with Crippen molar-refractivity contribution in [2.75, 3.05) is 13.7 Å². The average Bonchev–Trinajstić information content (AvgIpc) is 2.62. The SMILES string of the molecule is COc1ccc2c(C(=O)CN)c(C)[nH]c2c1. The number of carbonyl (C=O) groups is 1. The van der Waals surface area contributed by atoms with Crippen LogP contribution >= 0.6 is 0 Å². The Hall–Kier alpha value is -1.81. The number of nitrogens with one attached hydrogen (secondary N) is 1. The van der Waals surface area contributed by atoms with Crippen molar-refractivity contribution < 1.29 is 9.53 Å². The summed E-state index contributed by atoms with van der Waals surface area (Å²) in [7, 11) is 1.61. The monoisotopic (exact) mass is 218 g/mol. The summed E-state index contributed by atoms with van der Waals surface area (Å²) in [4.78, 5) is 14.8. The minimum atomic E-state index is -0.0473. The van der Waals surface area contributed by atoms with E-state index in [0.29, 0.717) is 5.56 Å². The van der Waals surface area contributed by atoms with Crippen LogP contribution in [0.5, 0.6) is 5.75 Å². The van der Waals surface area contributed by atoms with Crippen LogP contribution in [0.3, 0.4) is 0 Å². The molecule has 84 valence electrons. The number of hydrogen-bond acceptors (Lipinski definition) is 3. The molecule has 1 aromatic heterocycles. The number of fused-ring (bicyclic) bond motifs is 1. The van der Waals surface area contributed by atoms with E-state index in [1.165, 1.54) is 0 Å². The standard InChI is InChI=1S/C12H14N2O2/c1-7-12(11(15)6-13)9-4-3-8(16-2)5-10(9)14-7/h3-5,14H,6,13H2,1-2H3. The Morgan fingerprint density at radius 1 is 1.50 bits per heavy atom. The number of carbonyl (C=O) groups excluding carboxylic acids is 1. The first kappa shape index (κ1) is 10.7. The number of rotatable bonds is 3. The van der Waals surface area contributed by atoms with Gasteiger partial charge in [0, 0.05) is 22.7 Å². The summed E-state index contributed by atoms with van der Waals surface area (Å²) in [5.41, 5.74) is 7.81. The molecule has 0 radical (unpaired) electrons. The van der Waals surface area contributed by atoms with Crippen molar-refractivity contribution in [2.24, 2.45) is 5.73 Å². The second kappa shape index (κ2) is 3.98. The predicted octanol–water partition coefficient (Wildman–Crippen LogP) is 1.63. The number of aromatic nitrogens is 1. The lowest BCUT2D eigenvalue weighted by molar-refractivity contribution is 0.100. The van der Waals surface area contributed by atoms with Crippen molar-refractivity contribution in [3.8, 4) is 5.75 Å². The van der Waals surface area contributed by atoms with Gasteiger partial charge in [-0.15, -0.1) is 0 Å². The Kier molecular flexibility index (Phi) is 2.66. The zero-order chi connectivity index (χ0) is 11.7. The molecule has 1 aromatic carbocycles. The summed E-state index contributed by atoms with van der Waals surface area (Å²) in [5.74, 6) is 0.717. The van der Waals surface area contributed by atoms with E-state index in [-0.39, 0.29) is 12.3 Å². The number of hydrogen-bond donors (Lipinski definition) is 2. The molecule has 0 spiro atoms. The number of ketones is 1. The molecule has 0 atom stereocenters. The van der Waals surface area contributed by atoms with E-state index in [2.05, 4.69) is 4.98 Å². The first-order valence-electron chi connectivity index (χ1n) is 5.07. The number of Topliss-reactive ketones (excluding diaryl/α,β-unsaturated/α-hetero) is 1. The summed E-state index contributed by atoms with van der Waals surface area (Å²) in [5, 5.41) is 0.897. The second-order valence-corrected chi connectivity index (χ2v) is 3.66. The highest BCUT2D eigenvalue weighted by Crippen LogP contribution is 2.26. The molecule has 2 aromatic rings. The van der Waals surface area contributed by atoms with Gasteiger partial charge in [0.2, 0.25) is 0 Å². The summed E-state index contributed by atoms with van der Waals surface area (Å²) >= 11 is 0. The molecule has 16 heavy (non-hydrogen) atoms. The quantitative estimate of drug-likeness (QED) is 0.769. The Balaban J connectivity index is 2.66. The number of aromatic amines is 1. The maximum atomic E-state index is 11.7. The van der Waals surface area contributed by atoms with Crippen molar-refractivity contribution in [1.82, 2.24) is 4.98 Å². The molecule has 2 rings (SSSR count). The van der Waals surface area contributed by atoms with Crippen LogP contribution in [0.15, 0.2) is 18.2 Å². The van der Waals surface area contributed by atoms with Crippen LogP contribution < -0.4 is 10.5 Å². The summed E-state index contributed by atoms with van der Waals surface area (Å²) < 4.78 is 5.13. The van der Waals surface area contributed by atoms with Crippen molar-refractivity contribution >= 4 is 16.7 Å². The topological polar surface area (TPSA) is 68.1 Å². The molecule has 0 saturated carbocycles. The highest BCUT2D eigenvalue weighted by molar-refractivity contribution is 6.10. The maximum absolute atomic E-state index is 11.7. The molecule has 0 amide bonds. The lowest BCUT2D eigenvalue weighted by Gasteiger charge is -2.00. The molecule has 0 aliphatic carbocycles. The van der Waals surface area contributed by atoms with Gasteiger partial charge in [0.15, 0.2) is 5.78 Å². The summed E-state index contributed by atoms with van der Waals surface area (Å²) in [6, 6.07) is 5.58. The van der Waals surface area contributed by atoms with Gasteiger partial charge in [0.1, 0.15) is 5.75 Å². The molecular formula is C12H14N2O2. The Morgan fingerprint density at radius 2 is 2.25 bits per heavy atom. The normalized spacial score (nSPS) is 10.7. The van der Waals surface area contributed by atoms with E-state index in [4.69, 9.17) is 10.5 Å². The minimum absolute atomic E-state index is 0.0276. The molecule has 0 fully saturated rings. The van der Waals surface area contributed by atoms with Crippen LogP contribution in [0, 0.1) is 6.92 Å². The molecule has 0 aliphatic rings. The fourth-order valence-electron chi connectivity index (χ4n) is 1.90. The lowest BCUT2D eigenvalue weighted by atomic mass is 10.1. The number of benzene rings is 1. The van der Waals surface area contributed by atoms with Crippen LogP contribution in [-0.2, 0) is 0 Å². The zero-order valence-electron chi connectivity index (χ0n) is 9.33. The van der Waals surface area contributed by atoms with Gasteiger partial charge in [-0.25, -0.2) is 0 Å². The predicted molar refractivity (Wildman–Crippen MR) is 63.0 cm³/mol. The van der Waals surface area contributed by atoms with Crippen molar-refractivity contribution in [1.29, 1.82) is 0 Å². The van der Waals surface area contributed by atoms with Crippen molar-refractivity contribution in [3.63, 3.8) is 0 Å². The fraction of sp³-hybridized carbons (Fsp3) is 0.250. The molecule has 4 nitrogen and oxygen atoms in total. The maximum Gasteiger partial charge on any atom is 0.178 e. The van der Waals surface area contributed by atoms with Gasteiger partial charge < -0.3 is 15.5 Å². The smallest absolute Gasteiger partial charge is 0.178 e.